The predicted octanol–water partition coefficient (Wildman–Crippen LogP) is 4.93. The van der Waals surface area contributed by atoms with Crippen LogP contribution in [0.25, 0.3) is 0 Å². The topological polar surface area (TPSA) is 76.0 Å². The third-order valence-corrected chi connectivity index (χ3v) is 8.79. The molecule has 0 unspecified atom stereocenters. The van der Waals surface area contributed by atoms with Gasteiger partial charge in [-0.3, -0.25) is 9.79 Å². The van der Waals surface area contributed by atoms with Crippen molar-refractivity contribution in [1.29, 1.82) is 0 Å². The summed E-state index contributed by atoms with van der Waals surface area (Å²) in [5.41, 5.74) is 1.35. The summed E-state index contributed by atoms with van der Waals surface area (Å²) in [6.07, 6.45) is 0. The SMILES string of the molecule is COc1cc(F)c([C@@H]2CN(S(=O)(=O)C(C)(C)C)C(=O)[C@H]2N=C(c2ccccc2)c2ccccc2)c(F)c1. The van der Waals surface area contributed by atoms with Crippen molar-refractivity contribution in [3.05, 3.63) is 101 Å². The minimum absolute atomic E-state index is 0.0310. The summed E-state index contributed by atoms with van der Waals surface area (Å²) in [7, 11) is -2.88. The van der Waals surface area contributed by atoms with Gasteiger partial charge in [-0.15, -0.1) is 0 Å². The summed E-state index contributed by atoms with van der Waals surface area (Å²) >= 11 is 0. The molecular weight excluding hydrogens is 498 g/mol. The Labute approximate surface area is 215 Å². The van der Waals surface area contributed by atoms with Crippen molar-refractivity contribution in [3.63, 3.8) is 0 Å². The number of hydrogen-bond acceptors (Lipinski definition) is 5. The summed E-state index contributed by atoms with van der Waals surface area (Å²) in [4.78, 5) is 18.4. The van der Waals surface area contributed by atoms with Crippen LogP contribution in [0.4, 0.5) is 8.78 Å². The first-order chi connectivity index (χ1) is 17.5. The molecule has 0 aliphatic carbocycles. The van der Waals surface area contributed by atoms with Gasteiger partial charge in [0.25, 0.3) is 5.91 Å². The lowest BCUT2D eigenvalue weighted by Crippen LogP contribution is -2.44. The van der Waals surface area contributed by atoms with Gasteiger partial charge in [0, 0.05) is 41.3 Å². The lowest BCUT2D eigenvalue weighted by atomic mass is 9.92. The predicted molar refractivity (Wildman–Crippen MR) is 138 cm³/mol. The van der Waals surface area contributed by atoms with E-state index < -0.39 is 56.4 Å². The second kappa shape index (κ2) is 10.0. The molecule has 37 heavy (non-hydrogen) atoms. The zero-order chi connectivity index (χ0) is 27.0. The van der Waals surface area contributed by atoms with Crippen LogP contribution >= 0.6 is 0 Å². The molecule has 3 aromatic carbocycles. The number of sulfonamides is 1. The Hall–Kier alpha value is -3.59. The molecule has 3 aromatic rings. The van der Waals surface area contributed by atoms with Gasteiger partial charge in [-0.05, 0) is 20.8 Å². The number of carbonyl (C=O) groups excluding carboxylic acids is 1. The summed E-state index contributed by atoms with van der Waals surface area (Å²) in [6.45, 7) is 3.96. The molecule has 0 bridgehead atoms. The number of nitrogens with zero attached hydrogens (tertiary/aromatic N) is 2. The highest BCUT2D eigenvalue weighted by atomic mass is 32.2. The van der Waals surface area contributed by atoms with Gasteiger partial charge in [0.1, 0.15) is 23.4 Å². The lowest BCUT2D eigenvalue weighted by molar-refractivity contribution is -0.124. The van der Waals surface area contributed by atoms with Gasteiger partial charge in [-0.2, -0.15) is 0 Å². The fraction of sp³-hybridized carbons (Fsp3) is 0.286. The maximum atomic E-state index is 15.2. The lowest BCUT2D eigenvalue weighted by Gasteiger charge is -2.26. The molecule has 1 aliphatic heterocycles. The molecular formula is C28H28F2N2O4S. The fourth-order valence-electron chi connectivity index (χ4n) is 4.31. The van der Waals surface area contributed by atoms with E-state index in [0.29, 0.717) is 21.1 Å². The van der Waals surface area contributed by atoms with Crippen LogP contribution in [0.3, 0.4) is 0 Å². The van der Waals surface area contributed by atoms with Crippen molar-refractivity contribution in [2.24, 2.45) is 4.99 Å². The molecule has 9 heteroatoms. The zero-order valence-corrected chi connectivity index (χ0v) is 21.8. The van der Waals surface area contributed by atoms with E-state index in [2.05, 4.69) is 0 Å². The minimum atomic E-state index is -4.16. The number of methoxy groups -OCH3 is 1. The van der Waals surface area contributed by atoms with Crippen molar-refractivity contribution in [2.45, 2.75) is 37.5 Å². The number of hydrogen-bond donors (Lipinski definition) is 0. The van der Waals surface area contributed by atoms with E-state index in [-0.39, 0.29) is 5.75 Å². The summed E-state index contributed by atoms with van der Waals surface area (Å²) < 4.78 is 61.5. The van der Waals surface area contributed by atoms with Crippen LogP contribution in [0.2, 0.25) is 0 Å². The van der Waals surface area contributed by atoms with E-state index in [1.165, 1.54) is 27.9 Å². The summed E-state index contributed by atoms with van der Waals surface area (Å²) in [5, 5.41) is 0. The number of halogens is 2. The van der Waals surface area contributed by atoms with Crippen molar-refractivity contribution in [3.8, 4) is 5.75 Å². The second-order valence-corrected chi connectivity index (χ2v) is 12.4. The molecule has 4 rings (SSSR count). The van der Waals surface area contributed by atoms with Crippen LogP contribution in [-0.2, 0) is 14.8 Å². The summed E-state index contributed by atoms with van der Waals surface area (Å²) in [5.74, 6) is -3.94. The molecule has 0 N–H and O–H groups in total. The Kier molecular flexibility index (Phi) is 7.19. The van der Waals surface area contributed by atoms with Crippen LogP contribution in [0.1, 0.15) is 43.4 Å². The zero-order valence-electron chi connectivity index (χ0n) is 21.0. The maximum absolute atomic E-state index is 15.2. The molecule has 1 amide bonds. The van der Waals surface area contributed by atoms with Crippen LogP contribution in [0, 0.1) is 11.6 Å². The standard InChI is InChI=1S/C28H28F2N2O4S/c1-28(2,3)37(34,35)32-17-21(24-22(29)15-20(36-4)16-23(24)30)26(27(32)33)31-25(18-11-7-5-8-12-18)19-13-9-6-10-14-19/h5-16,21,26H,17H2,1-4H3/t21-,26-/m0/s1. The van der Waals surface area contributed by atoms with Gasteiger partial charge in [0.15, 0.2) is 0 Å². The van der Waals surface area contributed by atoms with E-state index in [1.54, 1.807) is 48.5 Å². The van der Waals surface area contributed by atoms with E-state index in [0.717, 1.165) is 12.1 Å². The minimum Gasteiger partial charge on any atom is -0.497 e. The van der Waals surface area contributed by atoms with Crippen molar-refractivity contribution < 1.29 is 26.7 Å². The molecule has 1 aliphatic rings. The van der Waals surface area contributed by atoms with Gasteiger partial charge in [0.05, 0.1) is 17.6 Å². The molecule has 2 atom stereocenters. The second-order valence-electron chi connectivity index (χ2n) is 9.75. The third-order valence-electron chi connectivity index (χ3n) is 6.33. The molecule has 1 fully saturated rings. The van der Waals surface area contributed by atoms with Gasteiger partial charge in [-0.25, -0.2) is 21.5 Å². The molecule has 194 valence electrons. The first-order valence-corrected chi connectivity index (χ1v) is 13.2. The van der Waals surface area contributed by atoms with Crippen LogP contribution in [0.5, 0.6) is 5.75 Å². The molecule has 0 aromatic heterocycles. The number of amides is 1. The average molecular weight is 527 g/mol. The average Bonchev–Trinajstić information content (AvgIpc) is 3.18. The van der Waals surface area contributed by atoms with Crippen molar-refractivity contribution >= 4 is 21.6 Å². The Morgan fingerprint density at radius 3 is 1.86 bits per heavy atom. The van der Waals surface area contributed by atoms with Crippen molar-refractivity contribution in [2.75, 3.05) is 13.7 Å². The van der Waals surface area contributed by atoms with Crippen LogP contribution in [-0.4, -0.2) is 48.8 Å². The number of benzene rings is 3. The maximum Gasteiger partial charge on any atom is 0.261 e. The number of carbonyl (C=O) groups is 1. The molecule has 6 nitrogen and oxygen atoms in total. The molecule has 1 heterocycles. The van der Waals surface area contributed by atoms with E-state index >= 15 is 8.78 Å². The molecule has 0 spiro atoms. The van der Waals surface area contributed by atoms with Gasteiger partial charge in [0.2, 0.25) is 10.0 Å². The Morgan fingerprint density at radius 1 is 0.946 bits per heavy atom. The largest absolute Gasteiger partial charge is 0.497 e. The van der Waals surface area contributed by atoms with E-state index in [9.17, 15) is 13.2 Å². The third kappa shape index (κ3) is 5.00. The fourth-order valence-corrected chi connectivity index (χ4v) is 5.67. The smallest absolute Gasteiger partial charge is 0.261 e. The number of rotatable bonds is 6. The highest BCUT2D eigenvalue weighted by Crippen LogP contribution is 2.39. The first kappa shape index (κ1) is 26.5. The van der Waals surface area contributed by atoms with Crippen LogP contribution in [0.15, 0.2) is 77.8 Å². The van der Waals surface area contributed by atoms with E-state index in [4.69, 9.17) is 9.73 Å². The Balaban J connectivity index is 1.94. The van der Waals surface area contributed by atoms with E-state index in [1.807, 2.05) is 12.1 Å². The first-order valence-electron chi connectivity index (χ1n) is 11.7. The van der Waals surface area contributed by atoms with Gasteiger partial charge in [-0.1, -0.05) is 60.7 Å². The Bertz CT molecular complexity index is 1370. The highest BCUT2D eigenvalue weighted by molar-refractivity contribution is 7.91. The van der Waals surface area contributed by atoms with Crippen molar-refractivity contribution in [1.82, 2.24) is 4.31 Å². The number of ether oxygens (including phenoxy) is 1. The van der Waals surface area contributed by atoms with Gasteiger partial charge >= 0.3 is 0 Å². The molecule has 0 saturated carbocycles. The summed E-state index contributed by atoms with van der Waals surface area (Å²) in [6, 6.07) is 18.7. The molecule has 1 saturated heterocycles. The van der Waals surface area contributed by atoms with Crippen LogP contribution < -0.4 is 4.74 Å². The quantitative estimate of drug-likeness (QED) is 0.427. The monoisotopic (exact) mass is 526 g/mol. The Morgan fingerprint density at radius 2 is 1.43 bits per heavy atom. The highest BCUT2D eigenvalue weighted by Gasteiger charge is 2.51. The van der Waals surface area contributed by atoms with Gasteiger partial charge < -0.3 is 4.74 Å². The molecule has 0 radical (unpaired) electrons. The normalized spacial score (nSPS) is 18.1. The number of aliphatic imine (C=N–C) groups is 1.